The number of nitrogens with zero attached hydrogens (tertiary/aromatic N) is 1. The summed E-state index contributed by atoms with van der Waals surface area (Å²) in [7, 11) is 3.26. The Labute approximate surface area is 125 Å². The lowest BCUT2D eigenvalue weighted by atomic mass is 10.1. The van der Waals surface area contributed by atoms with Gasteiger partial charge in [-0.25, -0.2) is 4.98 Å². The predicted octanol–water partition coefficient (Wildman–Crippen LogP) is 2.90. The van der Waals surface area contributed by atoms with Crippen LogP contribution in [0.1, 0.15) is 19.2 Å². The van der Waals surface area contributed by atoms with E-state index in [0.29, 0.717) is 17.3 Å². The Kier molecular flexibility index (Phi) is 5.63. The molecule has 1 aromatic heterocycles. The highest BCUT2D eigenvalue weighted by Crippen LogP contribution is 2.38. The number of hydrogen-bond acceptors (Lipinski definition) is 5. The highest BCUT2D eigenvalue weighted by molar-refractivity contribution is 5.72. The van der Waals surface area contributed by atoms with Crippen molar-refractivity contribution in [2.24, 2.45) is 0 Å². The van der Waals surface area contributed by atoms with E-state index < -0.39 is 0 Å². The predicted molar refractivity (Wildman–Crippen MR) is 81.9 cm³/mol. The highest BCUT2D eigenvalue weighted by atomic mass is 16.5. The minimum Gasteiger partial charge on any atom is -0.496 e. The highest BCUT2D eigenvalue weighted by Gasteiger charge is 2.16. The molecule has 114 valence electrons. The number of benzene rings is 1. The molecule has 0 fully saturated rings. The number of nitrogens with one attached hydrogen (secondary N) is 1. The SMILES string of the molecule is CCNCCCc1ncc(-c2c(OC)cccc2OC)o1. The zero-order chi connectivity index (χ0) is 15.1. The van der Waals surface area contributed by atoms with Gasteiger partial charge in [0.1, 0.15) is 17.1 Å². The van der Waals surface area contributed by atoms with E-state index in [9.17, 15) is 0 Å². The normalized spacial score (nSPS) is 10.6. The molecule has 5 heteroatoms. The van der Waals surface area contributed by atoms with Crippen LogP contribution in [0, 0.1) is 0 Å². The average Bonchev–Trinajstić information content (AvgIpc) is 2.99. The molecule has 0 aliphatic rings. The fourth-order valence-corrected chi connectivity index (χ4v) is 2.18. The number of oxazole rings is 1. The van der Waals surface area contributed by atoms with Crippen molar-refractivity contribution in [3.05, 3.63) is 30.3 Å². The average molecular weight is 290 g/mol. The van der Waals surface area contributed by atoms with Gasteiger partial charge in [-0.15, -0.1) is 0 Å². The molecule has 1 heterocycles. The van der Waals surface area contributed by atoms with Crippen molar-refractivity contribution in [1.29, 1.82) is 0 Å². The standard InChI is InChI=1S/C16H22N2O3/c1-4-17-10-6-9-15-18-11-14(21-15)16-12(19-2)7-5-8-13(16)20-3/h5,7-8,11,17H,4,6,9-10H2,1-3H3. The maximum atomic E-state index is 5.84. The number of rotatable bonds is 8. The van der Waals surface area contributed by atoms with E-state index >= 15 is 0 Å². The van der Waals surface area contributed by atoms with Gasteiger partial charge in [0.15, 0.2) is 11.7 Å². The van der Waals surface area contributed by atoms with Gasteiger partial charge in [0.2, 0.25) is 0 Å². The fourth-order valence-electron chi connectivity index (χ4n) is 2.18. The lowest BCUT2D eigenvalue weighted by molar-refractivity contribution is 0.393. The Morgan fingerprint density at radius 1 is 1.19 bits per heavy atom. The second-order valence-corrected chi connectivity index (χ2v) is 4.61. The van der Waals surface area contributed by atoms with Crippen molar-refractivity contribution in [3.63, 3.8) is 0 Å². The van der Waals surface area contributed by atoms with Gasteiger partial charge in [0, 0.05) is 6.42 Å². The largest absolute Gasteiger partial charge is 0.496 e. The molecule has 1 aromatic carbocycles. The van der Waals surface area contributed by atoms with Crippen molar-refractivity contribution in [1.82, 2.24) is 10.3 Å². The molecule has 0 aliphatic carbocycles. The van der Waals surface area contributed by atoms with Crippen LogP contribution in [0.15, 0.2) is 28.8 Å². The zero-order valence-corrected chi connectivity index (χ0v) is 12.8. The van der Waals surface area contributed by atoms with Gasteiger partial charge in [-0.05, 0) is 31.6 Å². The molecule has 2 rings (SSSR count). The van der Waals surface area contributed by atoms with Crippen molar-refractivity contribution in [2.75, 3.05) is 27.3 Å². The summed E-state index contributed by atoms with van der Waals surface area (Å²) in [5.74, 6) is 2.83. The van der Waals surface area contributed by atoms with E-state index in [0.717, 1.165) is 37.4 Å². The van der Waals surface area contributed by atoms with Gasteiger partial charge in [0.25, 0.3) is 0 Å². The summed E-state index contributed by atoms with van der Waals surface area (Å²) in [6, 6.07) is 5.64. The first kappa shape index (κ1) is 15.4. The third-order valence-electron chi connectivity index (χ3n) is 3.22. The Morgan fingerprint density at radius 2 is 1.90 bits per heavy atom. The third kappa shape index (κ3) is 3.76. The minimum atomic E-state index is 0.669. The monoisotopic (exact) mass is 290 g/mol. The molecule has 0 bridgehead atoms. The van der Waals surface area contributed by atoms with Crippen LogP contribution >= 0.6 is 0 Å². The zero-order valence-electron chi connectivity index (χ0n) is 12.8. The van der Waals surface area contributed by atoms with E-state index in [2.05, 4.69) is 17.2 Å². The fraction of sp³-hybridized carbons (Fsp3) is 0.438. The summed E-state index contributed by atoms with van der Waals surface area (Å²) < 4.78 is 16.6. The Morgan fingerprint density at radius 3 is 2.52 bits per heavy atom. The number of aromatic nitrogens is 1. The van der Waals surface area contributed by atoms with Crippen LogP contribution in [0.2, 0.25) is 0 Å². The second kappa shape index (κ2) is 7.69. The first-order chi connectivity index (χ1) is 10.3. The van der Waals surface area contributed by atoms with Gasteiger partial charge < -0.3 is 19.2 Å². The summed E-state index contributed by atoms with van der Waals surface area (Å²) in [6.07, 6.45) is 3.53. The first-order valence-electron chi connectivity index (χ1n) is 7.17. The molecule has 0 spiro atoms. The molecular formula is C16H22N2O3. The molecule has 0 unspecified atom stereocenters. The molecule has 0 aliphatic heterocycles. The molecule has 0 saturated heterocycles. The van der Waals surface area contributed by atoms with Crippen molar-refractivity contribution in [3.8, 4) is 22.8 Å². The Balaban J connectivity index is 2.17. The lowest BCUT2D eigenvalue weighted by Crippen LogP contribution is -2.14. The summed E-state index contributed by atoms with van der Waals surface area (Å²) in [4.78, 5) is 4.34. The quantitative estimate of drug-likeness (QED) is 0.758. The van der Waals surface area contributed by atoms with E-state index in [-0.39, 0.29) is 0 Å². The minimum absolute atomic E-state index is 0.669. The third-order valence-corrected chi connectivity index (χ3v) is 3.22. The van der Waals surface area contributed by atoms with Crippen molar-refractivity contribution < 1.29 is 13.9 Å². The van der Waals surface area contributed by atoms with Crippen LogP contribution in [-0.4, -0.2) is 32.3 Å². The number of aryl methyl sites for hydroxylation is 1. The second-order valence-electron chi connectivity index (χ2n) is 4.61. The van der Waals surface area contributed by atoms with Crippen LogP contribution in [0.4, 0.5) is 0 Å². The van der Waals surface area contributed by atoms with Gasteiger partial charge in [-0.2, -0.15) is 0 Å². The van der Waals surface area contributed by atoms with E-state index in [1.165, 1.54) is 0 Å². The van der Waals surface area contributed by atoms with Crippen LogP contribution in [0.5, 0.6) is 11.5 Å². The molecule has 0 amide bonds. The number of hydrogen-bond donors (Lipinski definition) is 1. The molecule has 0 saturated carbocycles. The smallest absolute Gasteiger partial charge is 0.194 e. The van der Waals surface area contributed by atoms with E-state index in [1.807, 2.05) is 18.2 Å². The molecule has 0 atom stereocenters. The maximum Gasteiger partial charge on any atom is 0.194 e. The number of ether oxygens (including phenoxy) is 2. The van der Waals surface area contributed by atoms with Crippen molar-refractivity contribution in [2.45, 2.75) is 19.8 Å². The number of methoxy groups -OCH3 is 2. The van der Waals surface area contributed by atoms with Crippen molar-refractivity contribution >= 4 is 0 Å². The summed E-state index contributed by atoms with van der Waals surface area (Å²) in [5.41, 5.74) is 0.799. The molecular weight excluding hydrogens is 268 g/mol. The molecule has 21 heavy (non-hydrogen) atoms. The molecule has 1 N–H and O–H groups in total. The van der Waals surface area contributed by atoms with Crippen LogP contribution in [0.25, 0.3) is 11.3 Å². The Bertz CT molecular complexity index is 544. The summed E-state index contributed by atoms with van der Waals surface area (Å²) in [5, 5.41) is 3.28. The van der Waals surface area contributed by atoms with Gasteiger partial charge in [0.05, 0.1) is 20.4 Å². The molecule has 5 nitrogen and oxygen atoms in total. The van der Waals surface area contributed by atoms with Gasteiger partial charge >= 0.3 is 0 Å². The van der Waals surface area contributed by atoms with E-state index in [1.54, 1.807) is 20.4 Å². The lowest BCUT2D eigenvalue weighted by Gasteiger charge is -2.10. The first-order valence-corrected chi connectivity index (χ1v) is 7.17. The summed E-state index contributed by atoms with van der Waals surface area (Å²) in [6.45, 7) is 4.04. The van der Waals surface area contributed by atoms with Gasteiger partial charge in [-0.3, -0.25) is 0 Å². The van der Waals surface area contributed by atoms with Gasteiger partial charge in [-0.1, -0.05) is 13.0 Å². The molecule has 0 radical (unpaired) electrons. The van der Waals surface area contributed by atoms with Crippen LogP contribution < -0.4 is 14.8 Å². The maximum absolute atomic E-state index is 5.84. The van der Waals surface area contributed by atoms with Crippen LogP contribution in [-0.2, 0) is 6.42 Å². The summed E-state index contributed by atoms with van der Waals surface area (Å²) >= 11 is 0. The molecule has 2 aromatic rings. The Hall–Kier alpha value is -2.01. The topological polar surface area (TPSA) is 56.5 Å². The van der Waals surface area contributed by atoms with Crippen LogP contribution in [0.3, 0.4) is 0 Å². The van der Waals surface area contributed by atoms with E-state index in [4.69, 9.17) is 13.9 Å².